The molecule has 0 rings (SSSR count). The first-order chi connectivity index (χ1) is 5.18. The lowest BCUT2D eigenvalue weighted by atomic mass is 10.4. The molecule has 0 aliphatic rings. The first kappa shape index (κ1) is 11.1. The monoisotopic (exact) mass is 178 g/mol. The van der Waals surface area contributed by atoms with E-state index in [4.69, 9.17) is 8.85 Å². The topological polar surface area (TPSA) is 38.7 Å². The molecule has 0 bridgehead atoms. The maximum Gasteiger partial charge on any atom is 0.497 e. The number of hydrogen-bond donors (Lipinski definition) is 1. The van der Waals surface area contributed by atoms with Gasteiger partial charge < -0.3 is 13.6 Å². The Morgan fingerprint density at radius 3 is 2.36 bits per heavy atom. The summed E-state index contributed by atoms with van der Waals surface area (Å²) in [6, 6.07) is 0.674. The predicted octanol–water partition coefficient (Wildman–Crippen LogP) is 1.40. The minimum atomic E-state index is -2.74. The van der Waals surface area contributed by atoms with Gasteiger partial charge in [-0.1, -0.05) is 13.3 Å². The van der Waals surface area contributed by atoms with Gasteiger partial charge in [0.05, 0.1) is 0 Å². The summed E-state index contributed by atoms with van der Waals surface area (Å²) in [6.45, 7) is 4.47. The lowest BCUT2D eigenvalue weighted by Gasteiger charge is -2.20. The van der Waals surface area contributed by atoms with E-state index in [1.54, 1.807) is 0 Å². The maximum absolute atomic E-state index is 9.65. The van der Waals surface area contributed by atoms with Crippen LogP contribution in [0.25, 0.3) is 0 Å². The van der Waals surface area contributed by atoms with Crippen LogP contribution in [-0.4, -0.2) is 27.3 Å². The van der Waals surface area contributed by atoms with Gasteiger partial charge in [0.2, 0.25) is 0 Å². The second-order valence-electron chi connectivity index (χ2n) is 2.45. The van der Waals surface area contributed by atoms with Gasteiger partial charge in [0.1, 0.15) is 0 Å². The zero-order chi connectivity index (χ0) is 8.74. The highest BCUT2D eigenvalue weighted by Crippen LogP contribution is 2.12. The summed E-state index contributed by atoms with van der Waals surface area (Å²) in [4.78, 5) is 9.65. The zero-order valence-electron chi connectivity index (χ0n) is 7.59. The van der Waals surface area contributed by atoms with Crippen molar-refractivity contribution in [2.24, 2.45) is 0 Å². The highest BCUT2D eigenvalue weighted by molar-refractivity contribution is 6.59. The molecule has 0 amide bonds. The Morgan fingerprint density at radius 2 is 2.00 bits per heavy atom. The van der Waals surface area contributed by atoms with Crippen molar-refractivity contribution in [2.75, 3.05) is 13.7 Å². The maximum atomic E-state index is 9.65. The fraction of sp³-hybridized carbons (Fsp3) is 1.00. The smallest absolute Gasteiger partial charge is 0.390 e. The first-order valence-corrected chi connectivity index (χ1v) is 6.07. The molecule has 11 heavy (non-hydrogen) atoms. The minimum Gasteiger partial charge on any atom is -0.390 e. The molecule has 0 aromatic heterocycles. The number of rotatable bonds is 6. The van der Waals surface area contributed by atoms with Gasteiger partial charge in [0.15, 0.2) is 0 Å². The Balaban J connectivity index is 3.68. The summed E-state index contributed by atoms with van der Waals surface area (Å²) >= 11 is 0. The van der Waals surface area contributed by atoms with Crippen LogP contribution in [0.15, 0.2) is 0 Å². The molecule has 0 aromatic rings. The molecule has 0 saturated heterocycles. The molecule has 0 aliphatic heterocycles. The predicted molar refractivity (Wildman–Crippen MR) is 46.3 cm³/mol. The van der Waals surface area contributed by atoms with Crippen LogP contribution in [0.5, 0.6) is 0 Å². The molecule has 0 fully saturated rings. The second-order valence-corrected chi connectivity index (χ2v) is 5.08. The summed E-state index contributed by atoms with van der Waals surface area (Å²) in [5.74, 6) is 0. The van der Waals surface area contributed by atoms with E-state index >= 15 is 0 Å². The largest absolute Gasteiger partial charge is 0.497 e. The molecule has 0 radical (unpaired) electrons. The van der Waals surface area contributed by atoms with Crippen molar-refractivity contribution >= 4 is 8.80 Å². The fourth-order valence-corrected chi connectivity index (χ4v) is 2.58. The zero-order valence-corrected chi connectivity index (χ0v) is 8.59. The Hall–Kier alpha value is 0.0969. The molecule has 0 heterocycles. The average molecular weight is 178 g/mol. The third-order valence-corrected chi connectivity index (χ3v) is 3.90. The molecule has 0 aromatic carbocycles. The van der Waals surface area contributed by atoms with Crippen molar-refractivity contribution in [3.63, 3.8) is 0 Å². The molecule has 4 heteroatoms. The van der Waals surface area contributed by atoms with E-state index in [0.29, 0.717) is 12.7 Å². The van der Waals surface area contributed by atoms with Gasteiger partial charge in [-0.2, -0.15) is 0 Å². The molecular formula is C7H18O3Si. The second kappa shape index (κ2) is 5.71. The Labute approximate surface area is 69.7 Å². The van der Waals surface area contributed by atoms with E-state index in [-0.39, 0.29) is 0 Å². The van der Waals surface area contributed by atoms with Crippen molar-refractivity contribution in [2.45, 2.75) is 32.7 Å². The third kappa shape index (κ3) is 4.52. The number of unbranched alkanes of at least 4 members (excludes halogenated alkanes) is 1. The highest BCUT2D eigenvalue weighted by Gasteiger charge is 2.33. The van der Waals surface area contributed by atoms with Crippen LogP contribution in [0, 0.1) is 0 Å². The third-order valence-electron chi connectivity index (χ3n) is 1.54. The molecule has 1 unspecified atom stereocenters. The van der Waals surface area contributed by atoms with Gasteiger partial charge in [0.25, 0.3) is 0 Å². The molecule has 68 valence electrons. The van der Waals surface area contributed by atoms with E-state index in [9.17, 15) is 4.80 Å². The lowest BCUT2D eigenvalue weighted by Crippen LogP contribution is -2.41. The van der Waals surface area contributed by atoms with Crippen molar-refractivity contribution in [1.82, 2.24) is 0 Å². The molecule has 1 N–H and O–H groups in total. The van der Waals surface area contributed by atoms with E-state index in [0.717, 1.165) is 12.8 Å². The quantitative estimate of drug-likeness (QED) is 0.625. The van der Waals surface area contributed by atoms with Crippen LogP contribution in [-0.2, 0) is 8.85 Å². The average Bonchev–Trinajstić information content (AvgIpc) is 2.02. The summed E-state index contributed by atoms with van der Waals surface area (Å²) in [5.41, 5.74) is 0. The van der Waals surface area contributed by atoms with Crippen LogP contribution >= 0.6 is 0 Å². The van der Waals surface area contributed by atoms with E-state index < -0.39 is 8.80 Å². The van der Waals surface area contributed by atoms with Crippen LogP contribution in [0.3, 0.4) is 0 Å². The molecule has 1 atom stereocenters. The van der Waals surface area contributed by atoms with Gasteiger partial charge in [0, 0.05) is 19.8 Å². The van der Waals surface area contributed by atoms with E-state index in [1.807, 2.05) is 6.92 Å². The molecule has 0 aliphatic carbocycles. The Kier molecular flexibility index (Phi) is 5.76. The summed E-state index contributed by atoms with van der Waals surface area (Å²) in [6.07, 6.45) is 2.03. The van der Waals surface area contributed by atoms with E-state index in [2.05, 4.69) is 6.92 Å². The Morgan fingerprint density at radius 1 is 1.36 bits per heavy atom. The molecule has 0 spiro atoms. The van der Waals surface area contributed by atoms with Crippen molar-refractivity contribution in [1.29, 1.82) is 0 Å². The van der Waals surface area contributed by atoms with Gasteiger partial charge in [-0.05, 0) is 13.3 Å². The van der Waals surface area contributed by atoms with Gasteiger partial charge in [-0.25, -0.2) is 0 Å². The van der Waals surface area contributed by atoms with Crippen LogP contribution in [0.1, 0.15) is 26.7 Å². The summed E-state index contributed by atoms with van der Waals surface area (Å²) in [5, 5.41) is 0. The van der Waals surface area contributed by atoms with E-state index in [1.165, 1.54) is 7.11 Å². The molecule has 3 nitrogen and oxygen atoms in total. The van der Waals surface area contributed by atoms with Crippen molar-refractivity contribution < 1.29 is 13.6 Å². The number of hydrogen-bond acceptors (Lipinski definition) is 3. The Bertz CT molecular complexity index is 99.7. The van der Waals surface area contributed by atoms with Gasteiger partial charge in [-0.15, -0.1) is 0 Å². The molecule has 0 saturated carbocycles. The first-order valence-electron chi connectivity index (χ1n) is 4.10. The minimum absolute atomic E-state index is 0.528. The van der Waals surface area contributed by atoms with Gasteiger partial charge in [-0.3, -0.25) is 0 Å². The molecular weight excluding hydrogens is 160 g/mol. The summed E-state index contributed by atoms with van der Waals surface area (Å²) < 4.78 is 10.1. The summed E-state index contributed by atoms with van der Waals surface area (Å²) in [7, 11) is -1.23. The normalized spacial score (nSPS) is 16.4. The van der Waals surface area contributed by atoms with Crippen LogP contribution < -0.4 is 0 Å². The standard InChI is InChI=1S/C7H18O3Si/c1-4-6-7-11(8,9-3)10-5-2/h8H,4-7H2,1-3H3. The van der Waals surface area contributed by atoms with Gasteiger partial charge >= 0.3 is 8.80 Å². The van der Waals surface area contributed by atoms with Crippen molar-refractivity contribution in [3.8, 4) is 0 Å². The lowest BCUT2D eigenvalue weighted by molar-refractivity contribution is 0.127. The van der Waals surface area contributed by atoms with Crippen LogP contribution in [0.2, 0.25) is 6.04 Å². The van der Waals surface area contributed by atoms with Crippen molar-refractivity contribution in [3.05, 3.63) is 0 Å². The highest BCUT2D eigenvalue weighted by atomic mass is 28.4. The SMILES string of the molecule is CCCC[Si](O)(OC)OCC. The fourth-order valence-electron chi connectivity index (χ4n) is 0.859. The van der Waals surface area contributed by atoms with Crippen LogP contribution in [0.4, 0.5) is 0 Å².